The first-order chi connectivity index (χ1) is 9.06. The first kappa shape index (κ1) is 15.6. The van der Waals surface area contributed by atoms with Gasteiger partial charge in [-0.25, -0.2) is 8.78 Å². The zero-order chi connectivity index (χ0) is 14.3. The number of hydrogen-bond donors (Lipinski definition) is 2. The number of amides is 1. The summed E-state index contributed by atoms with van der Waals surface area (Å²) in [7, 11) is 0. The minimum Gasteiger partial charge on any atom is -0.354 e. The van der Waals surface area contributed by atoms with Gasteiger partial charge in [-0.3, -0.25) is 4.79 Å². The van der Waals surface area contributed by atoms with Crippen LogP contribution in [-0.2, 0) is 4.79 Å². The minimum atomic E-state index is -0.929. The maximum Gasteiger partial charge on any atom is 0.227 e. The fourth-order valence-electron chi connectivity index (χ4n) is 1.66. The summed E-state index contributed by atoms with van der Waals surface area (Å²) >= 11 is 0. The molecule has 0 bridgehead atoms. The van der Waals surface area contributed by atoms with E-state index in [0.717, 1.165) is 25.1 Å². The maximum absolute atomic E-state index is 13.1. The minimum absolute atomic E-state index is 0.190. The van der Waals surface area contributed by atoms with E-state index < -0.39 is 17.6 Å². The van der Waals surface area contributed by atoms with Crippen molar-refractivity contribution < 1.29 is 13.6 Å². The number of rotatable bonds is 7. The quantitative estimate of drug-likeness (QED) is 0.746. The van der Waals surface area contributed by atoms with Crippen LogP contribution in [0.15, 0.2) is 18.2 Å². The fraction of sp³-hybridized carbons (Fsp3) is 0.500. The van der Waals surface area contributed by atoms with E-state index >= 15 is 0 Å². The van der Waals surface area contributed by atoms with E-state index in [9.17, 15) is 13.6 Å². The maximum atomic E-state index is 13.1. The van der Waals surface area contributed by atoms with Crippen LogP contribution in [0.3, 0.4) is 0 Å². The molecule has 0 spiro atoms. The van der Waals surface area contributed by atoms with E-state index in [0.29, 0.717) is 18.7 Å². The van der Waals surface area contributed by atoms with Crippen molar-refractivity contribution in [1.82, 2.24) is 10.6 Å². The molecule has 2 N–H and O–H groups in total. The molecule has 0 saturated heterocycles. The van der Waals surface area contributed by atoms with Gasteiger partial charge in [-0.1, -0.05) is 13.0 Å². The number of nitrogens with one attached hydrogen (secondary N) is 2. The van der Waals surface area contributed by atoms with Gasteiger partial charge >= 0.3 is 0 Å². The lowest BCUT2D eigenvalue weighted by Crippen LogP contribution is -2.34. The third kappa shape index (κ3) is 4.95. The van der Waals surface area contributed by atoms with Gasteiger partial charge in [0, 0.05) is 13.1 Å². The lowest BCUT2D eigenvalue weighted by molar-refractivity contribution is -0.122. The van der Waals surface area contributed by atoms with Crippen LogP contribution >= 0.6 is 0 Å². The molecule has 0 aliphatic rings. The summed E-state index contributed by atoms with van der Waals surface area (Å²) in [6.07, 6.45) is 1.04. The summed E-state index contributed by atoms with van der Waals surface area (Å²) in [5, 5.41) is 5.92. The Kier molecular flexibility index (Phi) is 6.42. The Morgan fingerprint density at radius 3 is 2.58 bits per heavy atom. The molecular weight excluding hydrogens is 250 g/mol. The number of carbonyl (C=O) groups excluding carboxylic acids is 1. The molecule has 19 heavy (non-hydrogen) atoms. The monoisotopic (exact) mass is 270 g/mol. The lowest BCUT2D eigenvalue weighted by Gasteiger charge is -2.13. The van der Waals surface area contributed by atoms with Gasteiger partial charge in [0.1, 0.15) is 0 Å². The Balaban J connectivity index is 2.45. The largest absolute Gasteiger partial charge is 0.354 e. The smallest absolute Gasteiger partial charge is 0.227 e. The molecule has 0 aliphatic heterocycles. The summed E-state index contributed by atoms with van der Waals surface area (Å²) < 4.78 is 25.9. The zero-order valence-electron chi connectivity index (χ0n) is 11.3. The standard InChI is InChI=1S/C14H20F2N2O/c1-3-6-17-7-8-18-14(19)10(2)11-4-5-12(15)13(16)9-11/h4-5,9-10,17H,3,6-8H2,1-2H3,(H,18,19). The highest BCUT2D eigenvalue weighted by Gasteiger charge is 2.16. The average Bonchev–Trinajstić information content (AvgIpc) is 2.40. The van der Waals surface area contributed by atoms with Crippen LogP contribution < -0.4 is 10.6 Å². The number of benzene rings is 1. The van der Waals surface area contributed by atoms with Crippen LogP contribution in [0.2, 0.25) is 0 Å². The predicted octanol–water partition coefficient (Wildman–Crippen LogP) is 2.18. The van der Waals surface area contributed by atoms with Crippen LogP contribution in [-0.4, -0.2) is 25.5 Å². The molecule has 1 unspecified atom stereocenters. The second kappa shape index (κ2) is 7.84. The van der Waals surface area contributed by atoms with Crippen LogP contribution in [0.25, 0.3) is 0 Å². The third-order valence-corrected chi connectivity index (χ3v) is 2.86. The van der Waals surface area contributed by atoms with Crippen molar-refractivity contribution >= 4 is 5.91 Å². The van der Waals surface area contributed by atoms with Crippen molar-refractivity contribution in [2.75, 3.05) is 19.6 Å². The lowest BCUT2D eigenvalue weighted by atomic mass is 10.0. The van der Waals surface area contributed by atoms with Crippen LogP contribution in [0, 0.1) is 11.6 Å². The second-order valence-electron chi connectivity index (χ2n) is 4.44. The second-order valence-corrected chi connectivity index (χ2v) is 4.44. The topological polar surface area (TPSA) is 41.1 Å². The van der Waals surface area contributed by atoms with Crippen LogP contribution in [0.4, 0.5) is 8.78 Å². The summed E-state index contributed by atoms with van der Waals surface area (Å²) in [5.41, 5.74) is 0.470. The molecule has 0 fully saturated rings. The third-order valence-electron chi connectivity index (χ3n) is 2.86. The van der Waals surface area contributed by atoms with Gasteiger partial charge in [-0.15, -0.1) is 0 Å². The summed E-state index contributed by atoms with van der Waals surface area (Å²) in [4.78, 5) is 11.8. The molecule has 1 rings (SSSR count). The van der Waals surface area contributed by atoms with E-state index in [1.807, 2.05) is 0 Å². The molecule has 0 aliphatic carbocycles. The van der Waals surface area contributed by atoms with Crippen molar-refractivity contribution in [3.05, 3.63) is 35.4 Å². The highest BCUT2D eigenvalue weighted by molar-refractivity contribution is 5.83. The molecule has 1 aromatic rings. The fourth-order valence-corrected chi connectivity index (χ4v) is 1.66. The Bertz CT molecular complexity index is 424. The molecule has 5 heteroatoms. The van der Waals surface area contributed by atoms with Gasteiger partial charge in [0.05, 0.1) is 5.92 Å². The number of hydrogen-bond acceptors (Lipinski definition) is 2. The Hall–Kier alpha value is -1.49. The van der Waals surface area contributed by atoms with Gasteiger partial charge in [0.2, 0.25) is 5.91 Å². The molecule has 0 saturated carbocycles. The molecule has 1 amide bonds. The van der Waals surface area contributed by atoms with E-state index in [1.54, 1.807) is 6.92 Å². The predicted molar refractivity (Wildman–Crippen MR) is 70.9 cm³/mol. The Morgan fingerprint density at radius 1 is 1.21 bits per heavy atom. The van der Waals surface area contributed by atoms with E-state index in [-0.39, 0.29) is 5.91 Å². The van der Waals surface area contributed by atoms with E-state index in [4.69, 9.17) is 0 Å². The zero-order valence-corrected chi connectivity index (χ0v) is 11.3. The highest BCUT2D eigenvalue weighted by atomic mass is 19.2. The Morgan fingerprint density at radius 2 is 1.95 bits per heavy atom. The summed E-state index contributed by atoms with van der Waals surface area (Å²) in [6.45, 7) is 5.86. The van der Waals surface area contributed by atoms with Crippen molar-refractivity contribution in [2.24, 2.45) is 0 Å². The molecule has 3 nitrogen and oxygen atoms in total. The average molecular weight is 270 g/mol. The number of halogens is 2. The van der Waals surface area contributed by atoms with E-state index in [1.165, 1.54) is 6.07 Å². The van der Waals surface area contributed by atoms with Gasteiger partial charge in [-0.2, -0.15) is 0 Å². The van der Waals surface area contributed by atoms with Gasteiger partial charge in [0.25, 0.3) is 0 Å². The first-order valence-electron chi connectivity index (χ1n) is 6.49. The summed E-state index contributed by atoms with van der Waals surface area (Å²) in [5.74, 6) is -2.52. The molecular formula is C14H20F2N2O. The number of carbonyl (C=O) groups is 1. The SMILES string of the molecule is CCCNCCNC(=O)C(C)c1ccc(F)c(F)c1. The van der Waals surface area contributed by atoms with Crippen LogP contribution in [0.1, 0.15) is 31.7 Å². The summed E-state index contributed by atoms with van der Waals surface area (Å²) in [6, 6.07) is 3.53. The molecule has 1 atom stereocenters. The van der Waals surface area contributed by atoms with Crippen molar-refractivity contribution in [3.8, 4) is 0 Å². The highest BCUT2D eigenvalue weighted by Crippen LogP contribution is 2.18. The van der Waals surface area contributed by atoms with Crippen molar-refractivity contribution in [2.45, 2.75) is 26.2 Å². The first-order valence-corrected chi connectivity index (χ1v) is 6.49. The van der Waals surface area contributed by atoms with Crippen LogP contribution in [0.5, 0.6) is 0 Å². The van der Waals surface area contributed by atoms with E-state index in [2.05, 4.69) is 17.6 Å². The molecule has 0 heterocycles. The van der Waals surface area contributed by atoms with Gasteiger partial charge in [0.15, 0.2) is 11.6 Å². The Labute approximate surface area is 112 Å². The molecule has 106 valence electrons. The molecule has 1 aromatic carbocycles. The van der Waals surface area contributed by atoms with Crippen molar-refractivity contribution in [3.63, 3.8) is 0 Å². The van der Waals surface area contributed by atoms with Gasteiger partial charge < -0.3 is 10.6 Å². The molecule has 0 radical (unpaired) electrons. The van der Waals surface area contributed by atoms with Gasteiger partial charge in [-0.05, 0) is 37.6 Å². The normalized spacial score (nSPS) is 12.2. The molecule has 0 aromatic heterocycles. The van der Waals surface area contributed by atoms with Crippen molar-refractivity contribution in [1.29, 1.82) is 0 Å².